The van der Waals surface area contributed by atoms with Crippen LogP contribution in [0.2, 0.25) is 0 Å². The van der Waals surface area contributed by atoms with Crippen molar-refractivity contribution in [2.45, 2.75) is 26.7 Å². The van der Waals surface area contributed by atoms with Gasteiger partial charge >= 0.3 is 0 Å². The molecule has 2 aromatic carbocycles. The Hall–Kier alpha value is -1.67. The highest BCUT2D eigenvalue weighted by atomic mass is 32.1. The zero-order valence-electron chi connectivity index (χ0n) is 11.2. The van der Waals surface area contributed by atoms with Gasteiger partial charge in [0.15, 0.2) is 5.43 Å². The van der Waals surface area contributed by atoms with E-state index in [0.717, 1.165) is 38.6 Å². The molecule has 0 saturated carbocycles. The number of benzene rings is 2. The summed E-state index contributed by atoms with van der Waals surface area (Å²) in [5.41, 5.74) is 2.62. The molecular weight excluding hydrogens is 252 g/mol. The fraction of sp³-hybridized carbons (Fsp3) is 0.235. The molecule has 1 aromatic heterocycles. The molecule has 3 rings (SSSR count). The largest absolute Gasteiger partial charge is 0.289 e. The van der Waals surface area contributed by atoms with Gasteiger partial charge in [0.05, 0.1) is 0 Å². The van der Waals surface area contributed by atoms with Crippen LogP contribution in [0.25, 0.3) is 20.2 Å². The predicted molar refractivity (Wildman–Crippen MR) is 84.3 cm³/mol. The van der Waals surface area contributed by atoms with Gasteiger partial charge in [-0.1, -0.05) is 31.0 Å². The molecule has 0 atom stereocenters. The molecule has 0 radical (unpaired) electrons. The molecule has 0 unspecified atom stereocenters. The minimum Gasteiger partial charge on any atom is -0.289 e. The van der Waals surface area contributed by atoms with E-state index in [9.17, 15) is 4.79 Å². The monoisotopic (exact) mass is 268 g/mol. The first-order valence-corrected chi connectivity index (χ1v) is 7.47. The second-order valence-corrected chi connectivity index (χ2v) is 6.10. The number of rotatable bonds is 2. The average Bonchev–Trinajstić information content (AvgIpc) is 2.40. The molecule has 0 amide bonds. The van der Waals surface area contributed by atoms with Gasteiger partial charge in [0.2, 0.25) is 0 Å². The summed E-state index contributed by atoms with van der Waals surface area (Å²) >= 11 is 1.71. The van der Waals surface area contributed by atoms with Crippen LogP contribution in [0.1, 0.15) is 24.5 Å². The maximum absolute atomic E-state index is 12.5. The Morgan fingerprint density at radius 3 is 2.63 bits per heavy atom. The van der Waals surface area contributed by atoms with E-state index in [4.69, 9.17) is 0 Å². The summed E-state index contributed by atoms with van der Waals surface area (Å²) in [5, 5.41) is 1.70. The van der Waals surface area contributed by atoms with Crippen molar-refractivity contribution in [1.29, 1.82) is 0 Å². The van der Waals surface area contributed by atoms with E-state index in [2.05, 4.69) is 31.2 Å². The van der Waals surface area contributed by atoms with Gasteiger partial charge in [0.1, 0.15) is 0 Å². The molecule has 96 valence electrons. The van der Waals surface area contributed by atoms with E-state index in [1.54, 1.807) is 11.3 Å². The maximum Gasteiger partial charge on any atom is 0.195 e. The predicted octanol–water partition coefficient (Wildman–Crippen LogP) is 4.68. The third kappa shape index (κ3) is 2.17. The summed E-state index contributed by atoms with van der Waals surface area (Å²) in [4.78, 5) is 12.5. The van der Waals surface area contributed by atoms with Crippen LogP contribution in [-0.2, 0) is 6.42 Å². The summed E-state index contributed by atoms with van der Waals surface area (Å²) in [6.07, 6.45) is 2.20. The fourth-order valence-corrected chi connectivity index (χ4v) is 3.57. The maximum atomic E-state index is 12.5. The second-order valence-electron chi connectivity index (χ2n) is 5.01. The topological polar surface area (TPSA) is 17.1 Å². The van der Waals surface area contributed by atoms with E-state index >= 15 is 0 Å². The van der Waals surface area contributed by atoms with E-state index in [1.165, 1.54) is 5.56 Å². The Kier molecular flexibility index (Phi) is 3.11. The van der Waals surface area contributed by atoms with Gasteiger partial charge in [-0.05, 0) is 43.2 Å². The highest BCUT2D eigenvalue weighted by Crippen LogP contribution is 2.26. The van der Waals surface area contributed by atoms with Crippen molar-refractivity contribution in [2.75, 3.05) is 0 Å². The Labute approximate surface area is 116 Å². The van der Waals surface area contributed by atoms with Gasteiger partial charge in [-0.25, -0.2) is 0 Å². The fourth-order valence-electron chi connectivity index (χ4n) is 2.46. The van der Waals surface area contributed by atoms with E-state index in [-0.39, 0.29) is 5.43 Å². The highest BCUT2D eigenvalue weighted by Gasteiger charge is 2.06. The van der Waals surface area contributed by atoms with Gasteiger partial charge in [-0.3, -0.25) is 4.79 Å². The SMILES string of the molecule is CCCc1ccc2c(=O)c3cc(C)ccc3sc2c1. The third-order valence-electron chi connectivity index (χ3n) is 3.43. The number of hydrogen-bond acceptors (Lipinski definition) is 2. The molecule has 0 saturated heterocycles. The molecule has 0 N–H and O–H groups in total. The standard InChI is InChI=1S/C17H16OS/c1-3-4-12-6-7-13-16(10-12)19-15-8-5-11(2)9-14(15)17(13)18/h5-10H,3-4H2,1-2H3. The zero-order valence-corrected chi connectivity index (χ0v) is 12.0. The summed E-state index contributed by atoms with van der Waals surface area (Å²) in [6, 6.07) is 12.4. The minimum atomic E-state index is 0.162. The summed E-state index contributed by atoms with van der Waals surface area (Å²) < 4.78 is 2.18. The van der Waals surface area contributed by atoms with Crippen LogP contribution in [0.5, 0.6) is 0 Å². The van der Waals surface area contributed by atoms with Crippen molar-refractivity contribution in [3.05, 3.63) is 57.7 Å². The van der Waals surface area contributed by atoms with Gasteiger partial charge in [-0.2, -0.15) is 0 Å². The lowest BCUT2D eigenvalue weighted by Gasteiger charge is -2.04. The number of hydrogen-bond donors (Lipinski definition) is 0. The van der Waals surface area contributed by atoms with E-state index in [1.807, 2.05) is 19.1 Å². The molecule has 0 bridgehead atoms. The molecule has 1 nitrogen and oxygen atoms in total. The Balaban J connectivity index is 2.36. The van der Waals surface area contributed by atoms with Crippen molar-refractivity contribution in [3.8, 4) is 0 Å². The van der Waals surface area contributed by atoms with Gasteiger partial charge in [-0.15, -0.1) is 11.3 Å². The van der Waals surface area contributed by atoms with Crippen molar-refractivity contribution < 1.29 is 0 Å². The van der Waals surface area contributed by atoms with Crippen molar-refractivity contribution in [2.24, 2.45) is 0 Å². The molecule has 1 heterocycles. The van der Waals surface area contributed by atoms with Crippen molar-refractivity contribution in [1.82, 2.24) is 0 Å². The lowest BCUT2D eigenvalue weighted by atomic mass is 10.1. The summed E-state index contributed by atoms with van der Waals surface area (Å²) in [6.45, 7) is 4.20. The molecule has 2 heteroatoms. The van der Waals surface area contributed by atoms with E-state index in [0.29, 0.717) is 0 Å². The first-order valence-electron chi connectivity index (χ1n) is 6.65. The third-order valence-corrected chi connectivity index (χ3v) is 4.56. The van der Waals surface area contributed by atoms with Crippen LogP contribution in [-0.4, -0.2) is 0 Å². The number of fused-ring (bicyclic) bond motifs is 2. The Bertz CT molecular complexity index is 814. The normalized spacial score (nSPS) is 11.3. The Morgan fingerprint density at radius 2 is 1.84 bits per heavy atom. The molecular formula is C17H16OS. The minimum absolute atomic E-state index is 0.162. The molecule has 0 fully saturated rings. The number of aryl methyl sites for hydroxylation is 2. The van der Waals surface area contributed by atoms with Crippen LogP contribution in [0.15, 0.2) is 41.2 Å². The van der Waals surface area contributed by atoms with Gasteiger partial charge < -0.3 is 0 Å². The van der Waals surface area contributed by atoms with Crippen molar-refractivity contribution in [3.63, 3.8) is 0 Å². The lowest BCUT2D eigenvalue weighted by Crippen LogP contribution is -2.01. The summed E-state index contributed by atoms with van der Waals surface area (Å²) in [5.74, 6) is 0. The van der Waals surface area contributed by atoms with Crippen LogP contribution < -0.4 is 5.43 Å². The quantitative estimate of drug-likeness (QED) is 0.617. The van der Waals surface area contributed by atoms with Crippen LogP contribution in [0.4, 0.5) is 0 Å². The molecule has 19 heavy (non-hydrogen) atoms. The Morgan fingerprint density at radius 1 is 1.00 bits per heavy atom. The molecule has 0 spiro atoms. The summed E-state index contributed by atoms with van der Waals surface area (Å²) in [7, 11) is 0. The van der Waals surface area contributed by atoms with Crippen LogP contribution in [0, 0.1) is 6.92 Å². The first kappa shape index (κ1) is 12.4. The average molecular weight is 268 g/mol. The molecule has 0 aliphatic carbocycles. The van der Waals surface area contributed by atoms with Crippen molar-refractivity contribution >= 4 is 31.5 Å². The molecule has 3 aromatic rings. The van der Waals surface area contributed by atoms with Crippen LogP contribution >= 0.6 is 11.3 Å². The zero-order chi connectivity index (χ0) is 13.4. The lowest BCUT2D eigenvalue weighted by molar-refractivity contribution is 0.924. The molecule has 0 aliphatic rings. The van der Waals surface area contributed by atoms with Gasteiger partial charge in [0, 0.05) is 20.2 Å². The molecule has 0 aliphatic heterocycles. The highest BCUT2D eigenvalue weighted by molar-refractivity contribution is 7.24. The second kappa shape index (κ2) is 4.78. The smallest absolute Gasteiger partial charge is 0.195 e. The van der Waals surface area contributed by atoms with Crippen LogP contribution in [0.3, 0.4) is 0 Å². The first-order chi connectivity index (χ1) is 9.19. The van der Waals surface area contributed by atoms with E-state index < -0.39 is 0 Å². The van der Waals surface area contributed by atoms with Gasteiger partial charge in [0.25, 0.3) is 0 Å².